The topological polar surface area (TPSA) is 105 Å². The Hall–Kier alpha value is -2.26. The fourth-order valence-corrected chi connectivity index (χ4v) is 4.36. The summed E-state index contributed by atoms with van der Waals surface area (Å²) in [4.78, 5) is 18.6. The third-order valence-electron chi connectivity index (χ3n) is 4.71. The number of piperidine rings is 1. The van der Waals surface area contributed by atoms with E-state index in [1.54, 1.807) is 18.2 Å². The van der Waals surface area contributed by atoms with Gasteiger partial charge in [0.15, 0.2) is 15.7 Å². The first-order chi connectivity index (χ1) is 13.0. The average Bonchev–Trinajstić information content (AvgIpc) is 3.12. The number of hydrogen-bond donors (Lipinski definition) is 1. The molecule has 0 bridgehead atoms. The van der Waals surface area contributed by atoms with E-state index in [2.05, 4.69) is 27.3 Å². The molecule has 8 nitrogen and oxygen atoms in total. The Bertz CT molecular complexity index is 866. The molecule has 1 aliphatic rings. The van der Waals surface area contributed by atoms with Crippen LogP contribution in [-0.2, 0) is 15.6 Å². The molecule has 2 heterocycles. The number of benzene rings is 1. The van der Waals surface area contributed by atoms with E-state index in [4.69, 9.17) is 4.52 Å². The average molecular weight is 392 g/mol. The molecule has 27 heavy (non-hydrogen) atoms. The Labute approximate surface area is 158 Å². The minimum absolute atomic E-state index is 0.0337. The van der Waals surface area contributed by atoms with Crippen LogP contribution in [0.3, 0.4) is 0 Å². The lowest BCUT2D eigenvalue weighted by Crippen LogP contribution is -2.42. The van der Waals surface area contributed by atoms with Crippen molar-refractivity contribution >= 4 is 15.7 Å². The monoisotopic (exact) mass is 392 g/mol. The number of rotatable bonds is 7. The number of carbonyl (C=O) groups excluding carboxylic acids is 1. The van der Waals surface area contributed by atoms with Gasteiger partial charge in [0.2, 0.25) is 0 Å². The molecule has 1 aromatic carbocycles. The lowest BCUT2D eigenvalue weighted by molar-refractivity contribution is 0.0895. The van der Waals surface area contributed by atoms with Crippen LogP contribution >= 0.6 is 0 Å². The summed E-state index contributed by atoms with van der Waals surface area (Å²) in [5, 5.41) is 6.37. The Morgan fingerprint density at radius 2 is 2.07 bits per heavy atom. The van der Waals surface area contributed by atoms with E-state index in [0.717, 1.165) is 13.1 Å². The Kier molecular flexibility index (Phi) is 6.22. The molecule has 1 fully saturated rings. The summed E-state index contributed by atoms with van der Waals surface area (Å²) in [5.74, 6) is -1.16. The van der Waals surface area contributed by atoms with Gasteiger partial charge in [-0.05, 0) is 38.4 Å². The highest BCUT2D eigenvalue weighted by Crippen LogP contribution is 2.16. The quantitative estimate of drug-likeness (QED) is 0.764. The normalized spacial score (nSPS) is 18.3. The molecule has 1 unspecified atom stereocenters. The first kappa shape index (κ1) is 19.5. The maximum absolute atomic E-state index is 12.3. The van der Waals surface area contributed by atoms with Gasteiger partial charge in [0, 0.05) is 19.1 Å². The molecule has 9 heteroatoms. The lowest BCUT2D eigenvalue weighted by atomic mass is 10.0. The van der Waals surface area contributed by atoms with Crippen molar-refractivity contribution in [3.05, 3.63) is 42.0 Å². The molecule has 146 valence electrons. The summed E-state index contributed by atoms with van der Waals surface area (Å²) >= 11 is 0. The van der Waals surface area contributed by atoms with Crippen LogP contribution in [0.2, 0.25) is 0 Å². The van der Waals surface area contributed by atoms with Crippen molar-refractivity contribution in [1.82, 2.24) is 20.4 Å². The highest BCUT2D eigenvalue weighted by Gasteiger charge is 2.22. The Morgan fingerprint density at radius 1 is 1.30 bits per heavy atom. The number of nitrogens with zero attached hydrogens (tertiary/aromatic N) is 3. The maximum atomic E-state index is 12.3. The summed E-state index contributed by atoms with van der Waals surface area (Å²) in [5.41, 5.74) is 0. The molecule has 0 radical (unpaired) electrons. The summed E-state index contributed by atoms with van der Waals surface area (Å²) < 4.78 is 29.6. The third kappa shape index (κ3) is 5.14. The Morgan fingerprint density at radius 3 is 2.81 bits per heavy atom. The first-order valence-corrected chi connectivity index (χ1v) is 10.7. The number of amides is 1. The van der Waals surface area contributed by atoms with Gasteiger partial charge in [-0.15, -0.1) is 0 Å². The lowest BCUT2D eigenvalue weighted by Gasteiger charge is -2.33. The number of nitrogens with one attached hydrogen (secondary N) is 1. The van der Waals surface area contributed by atoms with E-state index < -0.39 is 21.5 Å². The zero-order valence-electron chi connectivity index (χ0n) is 15.3. The van der Waals surface area contributed by atoms with E-state index in [-0.39, 0.29) is 16.6 Å². The summed E-state index contributed by atoms with van der Waals surface area (Å²) in [7, 11) is -3.59. The van der Waals surface area contributed by atoms with E-state index in [1.807, 2.05) is 0 Å². The van der Waals surface area contributed by atoms with Crippen molar-refractivity contribution in [2.45, 2.75) is 42.9 Å². The van der Waals surface area contributed by atoms with Crippen molar-refractivity contribution in [3.63, 3.8) is 0 Å². The fourth-order valence-electron chi connectivity index (χ4n) is 3.16. The predicted molar refractivity (Wildman–Crippen MR) is 98.8 cm³/mol. The predicted octanol–water partition coefficient (Wildman–Crippen LogP) is 1.65. The van der Waals surface area contributed by atoms with Crippen LogP contribution in [0.4, 0.5) is 0 Å². The maximum Gasteiger partial charge on any atom is 0.315 e. The molecule has 1 aliphatic heterocycles. The van der Waals surface area contributed by atoms with Crippen LogP contribution in [0.5, 0.6) is 0 Å². The second kappa shape index (κ2) is 8.62. The van der Waals surface area contributed by atoms with Gasteiger partial charge in [-0.2, -0.15) is 4.98 Å². The smallest absolute Gasteiger partial charge is 0.315 e. The van der Waals surface area contributed by atoms with E-state index in [0.29, 0.717) is 12.6 Å². The van der Waals surface area contributed by atoms with Crippen LogP contribution in [-0.4, -0.2) is 55.0 Å². The van der Waals surface area contributed by atoms with Crippen LogP contribution in [0.15, 0.2) is 39.8 Å². The van der Waals surface area contributed by atoms with Crippen LogP contribution < -0.4 is 5.32 Å². The third-order valence-corrected chi connectivity index (χ3v) is 6.34. The number of sulfone groups is 1. The van der Waals surface area contributed by atoms with Crippen LogP contribution in [0.1, 0.15) is 42.7 Å². The largest absolute Gasteiger partial charge is 0.347 e. The van der Waals surface area contributed by atoms with Crippen molar-refractivity contribution < 1.29 is 17.7 Å². The molecule has 2 aromatic rings. The summed E-state index contributed by atoms with van der Waals surface area (Å²) in [6, 6.07) is 8.56. The first-order valence-electron chi connectivity index (χ1n) is 9.08. The van der Waals surface area contributed by atoms with Gasteiger partial charge in [-0.25, -0.2) is 8.42 Å². The number of hydrogen-bond acceptors (Lipinski definition) is 7. The zero-order chi connectivity index (χ0) is 19.3. The van der Waals surface area contributed by atoms with Crippen molar-refractivity contribution in [2.75, 3.05) is 19.6 Å². The van der Waals surface area contributed by atoms with Crippen LogP contribution in [0.25, 0.3) is 0 Å². The van der Waals surface area contributed by atoms with Gasteiger partial charge in [0.05, 0.1) is 4.90 Å². The van der Waals surface area contributed by atoms with Gasteiger partial charge in [-0.3, -0.25) is 9.69 Å². The van der Waals surface area contributed by atoms with Crippen molar-refractivity contribution in [2.24, 2.45) is 0 Å². The molecule has 1 aromatic heterocycles. The minimum atomic E-state index is -3.59. The minimum Gasteiger partial charge on any atom is -0.347 e. The van der Waals surface area contributed by atoms with Crippen LogP contribution in [0, 0.1) is 0 Å². The molecule has 3 rings (SSSR count). The number of likely N-dealkylation sites (tertiary alicyclic amines) is 1. The summed E-state index contributed by atoms with van der Waals surface area (Å²) in [6.07, 6.45) is 3.61. The second-order valence-electron chi connectivity index (χ2n) is 6.72. The molecule has 1 amide bonds. The number of aromatic nitrogens is 2. The van der Waals surface area contributed by atoms with Crippen molar-refractivity contribution in [1.29, 1.82) is 0 Å². The fraction of sp³-hybridized carbons (Fsp3) is 0.500. The number of carbonyl (C=O) groups is 1. The van der Waals surface area contributed by atoms with Crippen molar-refractivity contribution in [3.8, 4) is 0 Å². The highest BCUT2D eigenvalue weighted by molar-refractivity contribution is 7.90. The molecule has 0 spiro atoms. The van der Waals surface area contributed by atoms with Gasteiger partial charge >= 0.3 is 11.8 Å². The standard InChI is InChI=1S/C18H24N4O4S/c1-14-7-5-6-11-22(14)12-10-19-17(23)18-20-16(21-26-18)13-27(24,25)15-8-3-2-4-9-15/h2-4,8-9,14H,5-7,10-13H2,1H3,(H,19,23). The van der Waals surface area contributed by atoms with Gasteiger partial charge in [-0.1, -0.05) is 29.8 Å². The molecular formula is C18H24N4O4S. The van der Waals surface area contributed by atoms with Gasteiger partial charge in [0.25, 0.3) is 0 Å². The molecule has 1 atom stereocenters. The molecule has 0 saturated carbocycles. The zero-order valence-corrected chi connectivity index (χ0v) is 16.1. The summed E-state index contributed by atoms with van der Waals surface area (Å²) in [6.45, 7) is 4.47. The highest BCUT2D eigenvalue weighted by atomic mass is 32.2. The second-order valence-corrected chi connectivity index (χ2v) is 8.71. The van der Waals surface area contributed by atoms with Gasteiger partial charge in [0.1, 0.15) is 5.75 Å². The van der Waals surface area contributed by atoms with E-state index in [9.17, 15) is 13.2 Å². The molecular weight excluding hydrogens is 368 g/mol. The SMILES string of the molecule is CC1CCCCN1CCNC(=O)c1nc(CS(=O)(=O)c2ccccc2)no1. The van der Waals surface area contributed by atoms with E-state index >= 15 is 0 Å². The molecule has 1 saturated heterocycles. The molecule has 0 aliphatic carbocycles. The Balaban J connectivity index is 1.53. The van der Waals surface area contributed by atoms with Gasteiger partial charge < -0.3 is 9.84 Å². The van der Waals surface area contributed by atoms with E-state index in [1.165, 1.54) is 31.4 Å². The molecule has 1 N–H and O–H groups in total.